The van der Waals surface area contributed by atoms with Gasteiger partial charge in [0, 0.05) is 0 Å². The highest BCUT2D eigenvalue weighted by Crippen LogP contribution is 2.41. The minimum atomic E-state index is -0.385. The highest BCUT2D eigenvalue weighted by molar-refractivity contribution is 7.18. The zero-order valence-corrected chi connectivity index (χ0v) is 14.3. The lowest BCUT2D eigenvalue weighted by Gasteiger charge is -2.00. The lowest BCUT2D eigenvalue weighted by molar-refractivity contribution is 0.414. The second kappa shape index (κ2) is 5.47. The summed E-state index contributed by atoms with van der Waals surface area (Å²) in [5, 5.41) is 9.18. The number of hydrogen-bond donors (Lipinski definition) is 1. The van der Waals surface area contributed by atoms with E-state index in [2.05, 4.69) is 57.6 Å². The Bertz CT molecular complexity index is 1050. The molecule has 0 radical (unpaired) electrons. The predicted molar refractivity (Wildman–Crippen MR) is 97.3 cm³/mol. The van der Waals surface area contributed by atoms with Crippen molar-refractivity contribution in [2.75, 3.05) is 0 Å². The van der Waals surface area contributed by atoms with Gasteiger partial charge in [-0.25, -0.2) is 4.98 Å². The largest absolute Gasteiger partial charge is 0.423 e. The number of benzene rings is 2. The van der Waals surface area contributed by atoms with E-state index in [9.17, 15) is 0 Å². The van der Waals surface area contributed by atoms with Gasteiger partial charge < -0.3 is 10.2 Å². The standard InChI is InChI=1S/C19H16N4OS/c20-19(8-9-19)18-23-22-16(24-18)11-17-21-14-7-6-13(10-15(14)25-17)12-4-2-1-3-5-12/h1-7,10H,8-9,11,20H2. The third-order valence-corrected chi connectivity index (χ3v) is 5.54. The maximum atomic E-state index is 6.10. The van der Waals surface area contributed by atoms with E-state index in [0.717, 1.165) is 28.1 Å². The van der Waals surface area contributed by atoms with Crippen molar-refractivity contribution in [3.63, 3.8) is 0 Å². The fourth-order valence-electron chi connectivity index (χ4n) is 2.86. The van der Waals surface area contributed by atoms with Crippen LogP contribution in [0, 0.1) is 0 Å². The first kappa shape index (κ1) is 14.7. The van der Waals surface area contributed by atoms with E-state index < -0.39 is 0 Å². The number of thiazole rings is 1. The second-order valence-electron chi connectivity index (χ2n) is 6.49. The van der Waals surface area contributed by atoms with Crippen LogP contribution in [0.4, 0.5) is 0 Å². The highest BCUT2D eigenvalue weighted by Gasteiger charge is 2.45. The van der Waals surface area contributed by atoms with Crippen molar-refractivity contribution < 1.29 is 4.42 Å². The summed E-state index contributed by atoms with van der Waals surface area (Å²) in [6, 6.07) is 16.7. The smallest absolute Gasteiger partial charge is 0.236 e. The Labute approximate surface area is 148 Å². The first-order chi connectivity index (χ1) is 12.2. The van der Waals surface area contributed by atoms with Crippen LogP contribution in [0.3, 0.4) is 0 Å². The summed E-state index contributed by atoms with van der Waals surface area (Å²) in [7, 11) is 0. The number of rotatable bonds is 4. The summed E-state index contributed by atoms with van der Waals surface area (Å²) in [6.45, 7) is 0. The van der Waals surface area contributed by atoms with E-state index in [4.69, 9.17) is 10.2 Å². The Kier molecular flexibility index (Phi) is 3.23. The van der Waals surface area contributed by atoms with Gasteiger partial charge in [-0.05, 0) is 36.1 Å². The fraction of sp³-hybridized carbons (Fsp3) is 0.211. The molecule has 0 amide bonds. The predicted octanol–water partition coefficient (Wildman–Crippen LogP) is 3.88. The maximum absolute atomic E-state index is 6.10. The van der Waals surface area contributed by atoms with Crippen LogP contribution in [0.2, 0.25) is 0 Å². The summed E-state index contributed by atoms with van der Waals surface area (Å²) < 4.78 is 6.88. The summed E-state index contributed by atoms with van der Waals surface area (Å²) >= 11 is 1.66. The molecule has 1 fully saturated rings. The molecule has 0 bridgehead atoms. The molecular formula is C19H16N4OS. The zero-order chi connectivity index (χ0) is 16.9. The van der Waals surface area contributed by atoms with E-state index in [1.807, 2.05) is 6.07 Å². The van der Waals surface area contributed by atoms with Gasteiger partial charge in [0.2, 0.25) is 11.8 Å². The van der Waals surface area contributed by atoms with Gasteiger partial charge in [0.05, 0.1) is 22.2 Å². The summed E-state index contributed by atoms with van der Waals surface area (Å²) in [6.07, 6.45) is 2.37. The van der Waals surface area contributed by atoms with E-state index in [-0.39, 0.29) is 5.54 Å². The molecule has 1 saturated carbocycles. The van der Waals surface area contributed by atoms with Crippen LogP contribution in [-0.4, -0.2) is 15.2 Å². The lowest BCUT2D eigenvalue weighted by Crippen LogP contribution is -2.18. The van der Waals surface area contributed by atoms with Crippen molar-refractivity contribution in [3.8, 4) is 11.1 Å². The molecule has 6 heteroatoms. The van der Waals surface area contributed by atoms with Gasteiger partial charge in [0.15, 0.2) is 0 Å². The molecular weight excluding hydrogens is 332 g/mol. The van der Waals surface area contributed by atoms with Crippen molar-refractivity contribution in [1.29, 1.82) is 0 Å². The topological polar surface area (TPSA) is 77.8 Å². The maximum Gasteiger partial charge on any atom is 0.236 e. The summed E-state index contributed by atoms with van der Waals surface area (Å²) in [5.74, 6) is 1.13. The number of nitrogens with zero attached hydrogens (tertiary/aromatic N) is 3. The number of nitrogens with two attached hydrogens (primary N) is 1. The third kappa shape index (κ3) is 2.73. The molecule has 2 aromatic carbocycles. The molecule has 2 aromatic heterocycles. The van der Waals surface area contributed by atoms with Crippen molar-refractivity contribution >= 4 is 21.6 Å². The van der Waals surface area contributed by atoms with E-state index in [1.54, 1.807) is 11.3 Å². The van der Waals surface area contributed by atoms with Gasteiger partial charge in [0.1, 0.15) is 5.01 Å². The van der Waals surface area contributed by atoms with Crippen molar-refractivity contribution in [3.05, 3.63) is 65.3 Å². The molecule has 25 heavy (non-hydrogen) atoms. The molecule has 124 valence electrons. The van der Waals surface area contributed by atoms with Gasteiger partial charge in [0.25, 0.3) is 0 Å². The molecule has 4 aromatic rings. The first-order valence-corrected chi connectivity index (χ1v) is 9.08. The molecule has 5 nitrogen and oxygen atoms in total. The number of aromatic nitrogens is 3. The van der Waals surface area contributed by atoms with Crippen LogP contribution < -0.4 is 5.73 Å². The molecule has 2 heterocycles. The Morgan fingerprint density at radius 2 is 1.88 bits per heavy atom. The lowest BCUT2D eigenvalue weighted by atomic mass is 10.1. The van der Waals surface area contributed by atoms with Crippen LogP contribution in [0.5, 0.6) is 0 Å². The Hall–Kier alpha value is -2.57. The van der Waals surface area contributed by atoms with Crippen molar-refractivity contribution in [1.82, 2.24) is 15.2 Å². The molecule has 5 rings (SSSR count). The van der Waals surface area contributed by atoms with E-state index >= 15 is 0 Å². The monoisotopic (exact) mass is 348 g/mol. The van der Waals surface area contributed by atoms with Gasteiger partial charge in [-0.3, -0.25) is 0 Å². The Morgan fingerprint density at radius 1 is 1.04 bits per heavy atom. The normalized spacial score (nSPS) is 15.6. The Balaban J connectivity index is 1.43. The van der Waals surface area contributed by atoms with Gasteiger partial charge in [-0.1, -0.05) is 36.4 Å². The molecule has 0 unspecified atom stereocenters. The van der Waals surface area contributed by atoms with E-state index in [1.165, 1.54) is 11.1 Å². The molecule has 2 N–H and O–H groups in total. The molecule has 0 saturated heterocycles. The molecule has 0 atom stereocenters. The average Bonchev–Trinajstić information content (AvgIpc) is 3.06. The van der Waals surface area contributed by atoms with Gasteiger partial charge in [-0.15, -0.1) is 21.5 Å². The molecule has 1 aliphatic rings. The SMILES string of the molecule is NC1(c2nnc(Cc3nc4ccc(-c5ccccc5)cc4s3)o2)CC1. The minimum Gasteiger partial charge on any atom is -0.423 e. The van der Waals surface area contributed by atoms with Crippen LogP contribution in [0.25, 0.3) is 21.3 Å². The average molecular weight is 348 g/mol. The summed E-state index contributed by atoms with van der Waals surface area (Å²) in [4.78, 5) is 4.69. The van der Waals surface area contributed by atoms with Crippen LogP contribution in [-0.2, 0) is 12.0 Å². The minimum absolute atomic E-state index is 0.385. The Morgan fingerprint density at radius 3 is 2.68 bits per heavy atom. The third-order valence-electron chi connectivity index (χ3n) is 4.52. The second-order valence-corrected chi connectivity index (χ2v) is 7.61. The van der Waals surface area contributed by atoms with E-state index in [0.29, 0.717) is 18.2 Å². The molecule has 1 aliphatic carbocycles. The van der Waals surface area contributed by atoms with Gasteiger partial charge >= 0.3 is 0 Å². The fourth-order valence-corrected chi connectivity index (χ4v) is 3.86. The number of fused-ring (bicyclic) bond motifs is 1. The zero-order valence-electron chi connectivity index (χ0n) is 13.5. The molecule has 0 spiro atoms. The van der Waals surface area contributed by atoms with Crippen molar-refractivity contribution in [2.45, 2.75) is 24.8 Å². The number of hydrogen-bond acceptors (Lipinski definition) is 6. The van der Waals surface area contributed by atoms with Crippen LogP contribution in [0.1, 0.15) is 29.6 Å². The quantitative estimate of drug-likeness (QED) is 0.605. The highest BCUT2D eigenvalue weighted by atomic mass is 32.1. The van der Waals surface area contributed by atoms with Crippen LogP contribution >= 0.6 is 11.3 Å². The van der Waals surface area contributed by atoms with Crippen molar-refractivity contribution in [2.24, 2.45) is 5.73 Å². The molecule has 0 aliphatic heterocycles. The van der Waals surface area contributed by atoms with Gasteiger partial charge in [-0.2, -0.15) is 0 Å². The first-order valence-electron chi connectivity index (χ1n) is 8.26. The van der Waals surface area contributed by atoms with Crippen LogP contribution in [0.15, 0.2) is 52.9 Å². The summed E-state index contributed by atoms with van der Waals surface area (Å²) in [5.41, 5.74) is 9.11.